The number of nitrogens with one attached hydrogen (secondary N) is 1. The van der Waals surface area contributed by atoms with Gasteiger partial charge in [0.25, 0.3) is 5.91 Å². The molecule has 2 aliphatic rings. The Balaban J connectivity index is 1.81. The van der Waals surface area contributed by atoms with Crippen LogP contribution in [0.25, 0.3) is 0 Å². The molecule has 0 saturated carbocycles. The second kappa shape index (κ2) is 7.13. The Bertz CT molecular complexity index is 668. The maximum Gasteiger partial charge on any atom is 0.274 e. The van der Waals surface area contributed by atoms with E-state index < -0.39 is 5.60 Å². The minimum atomic E-state index is -0.819. The normalized spacial score (nSPS) is 22.8. The van der Waals surface area contributed by atoms with Gasteiger partial charge in [0.15, 0.2) is 5.69 Å². The highest BCUT2D eigenvalue weighted by atomic mass is 16.5. The molecule has 1 aliphatic heterocycles. The number of fused-ring (bicyclic) bond motifs is 1. The number of ether oxygens (including phenoxy) is 2. The van der Waals surface area contributed by atoms with Crippen LogP contribution in [0.15, 0.2) is 0 Å². The summed E-state index contributed by atoms with van der Waals surface area (Å²) in [6.45, 7) is 1.44. The summed E-state index contributed by atoms with van der Waals surface area (Å²) in [6, 6.07) is 0. The third kappa shape index (κ3) is 3.41. The van der Waals surface area contributed by atoms with Crippen molar-refractivity contribution in [2.45, 2.75) is 31.3 Å². The highest BCUT2D eigenvalue weighted by Crippen LogP contribution is 2.28. The summed E-state index contributed by atoms with van der Waals surface area (Å²) in [5.41, 5.74) is 1.96. The van der Waals surface area contributed by atoms with E-state index in [0.717, 1.165) is 30.5 Å². The van der Waals surface area contributed by atoms with E-state index in [1.54, 1.807) is 19.1 Å². The molecule has 8 heteroatoms. The summed E-state index contributed by atoms with van der Waals surface area (Å²) in [5.74, 6) is -0.218. The zero-order valence-electron chi connectivity index (χ0n) is 15.1. The molecular formula is C17H26N4O4. The molecule has 25 heavy (non-hydrogen) atoms. The van der Waals surface area contributed by atoms with Crippen molar-refractivity contribution < 1.29 is 19.1 Å². The van der Waals surface area contributed by atoms with Gasteiger partial charge in [-0.3, -0.25) is 14.3 Å². The van der Waals surface area contributed by atoms with Crippen LogP contribution in [0.3, 0.4) is 0 Å². The fourth-order valence-electron chi connectivity index (χ4n) is 3.84. The first-order valence-electron chi connectivity index (χ1n) is 8.67. The molecule has 0 radical (unpaired) electrons. The third-order valence-electron chi connectivity index (χ3n) is 5.02. The summed E-state index contributed by atoms with van der Waals surface area (Å²) in [7, 11) is 5.05. The van der Waals surface area contributed by atoms with Gasteiger partial charge >= 0.3 is 0 Å². The van der Waals surface area contributed by atoms with Crippen molar-refractivity contribution in [3.63, 3.8) is 0 Å². The van der Waals surface area contributed by atoms with Crippen LogP contribution in [-0.4, -0.2) is 72.6 Å². The number of rotatable bonds is 5. The Kier molecular flexibility index (Phi) is 5.10. The molecule has 3 rings (SSSR count). The zero-order chi connectivity index (χ0) is 18.0. The maximum absolute atomic E-state index is 13.1. The van der Waals surface area contributed by atoms with Crippen LogP contribution in [-0.2, 0) is 34.2 Å². The highest BCUT2D eigenvalue weighted by molar-refractivity contribution is 5.94. The minimum absolute atomic E-state index is 0.0839. The van der Waals surface area contributed by atoms with Crippen LogP contribution in [0.4, 0.5) is 0 Å². The lowest BCUT2D eigenvalue weighted by Crippen LogP contribution is -2.57. The molecule has 2 heterocycles. The molecule has 1 saturated heterocycles. The molecule has 1 atom stereocenters. The number of aryl methyl sites for hydroxylation is 1. The second-order valence-corrected chi connectivity index (χ2v) is 6.79. The lowest BCUT2D eigenvalue weighted by Gasteiger charge is -2.41. The van der Waals surface area contributed by atoms with Gasteiger partial charge in [-0.2, -0.15) is 5.10 Å². The van der Waals surface area contributed by atoms with Crippen molar-refractivity contribution in [3.05, 3.63) is 17.0 Å². The smallest absolute Gasteiger partial charge is 0.274 e. The molecule has 8 nitrogen and oxygen atoms in total. The van der Waals surface area contributed by atoms with Gasteiger partial charge in [-0.15, -0.1) is 0 Å². The molecule has 1 fully saturated rings. The molecule has 0 spiro atoms. The Labute approximate surface area is 147 Å². The number of aromatic nitrogens is 2. The van der Waals surface area contributed by atoms with E-state index in [0.29, 0.717) is 25.4 Å². The second-order valence-electron chi connectivity index (χ2n) is 6.79. The van der Waals surface area contributed by atoms with E-state index in [-0.39, 0.29) is 24.8 Å². The van der Waals surface area contributed by atoms with Gasteiger partial charge in [-0.05, 0) is 19.3 Å². The first kappa shape index (κ1) is 17.9. The first-order chi connectivity index (χ1) is 12.0. The number of nitrogens with zero attached hydrogens (tertiary/aromatic N) is 3. The lowest BCUT2D eigenvalue weighted by molar-refractivity contribution is -0.150. The summed E-state index contributed by atoms with van der Waals surface area (Å²) in [4.78, 5) is 26.7. The molecule has 0 aromatic carbocycles. The minimum Gasteiger partial charge on any atom is -0.382 e. The van der Waals surface area contributed by atoms with Gasteiger partial charge in [0.2, 0.25) is 5.91 Å². The molecule has 138 valence electrons. The maximum atomic E-state index is 13.1. The fraction of sp³-hybridized carbons (Fsp3) is 0.706. The molecule has 2 amide bonds. The predicted octanol–water partition coefficient (Wildman–Crippen LogP) is -0.0975. The van der Waals surface area contributed by atoms with Crippen LogP contribution in [0.1, 0.15) is 34.6 Å². The number of amides is 2. The largest absolute Gasteiger partial charge is 0.382 e. The van der Waals surface area contributed by atoms with Crippen LogP contribution in [0, 0.1) is 0 Å². The molecule has 0 bridgehead atoms. The van der Waals surface area contributed by atoms with Crippen molar-refractivity contribution in [1.82, 2.24) is 20.0 Å². The van der Waals surface area contributed by atoms with Gasteiger partial charge in [-0.25, -0.2) is 0 Å². The van der Waals surface area contributed by atoms with E-state index in [9.17, 15) is 9.59 Å². The SMILES string of the molecule is CNC(=O)C[C@]1(COC)CN(C(=O)c2nn(C)c3c2CCC3)CCO1. The van der Waals surface area contributed by atoms with Gasteiger partial charge < -0.3 is 19.7 Å². The van der Waals surface area contributed by atoms with Gasteiger partial charge in [0.05, 0.1) is 26.2 Å². The Hall–Kier alpha value is -1.93. The van der Waals surface area contributed by atoms with E-state index in [1.165, 1.54) is 0 Å². The highest BCUT2D eigenvalue weighted by Gasteiger charge is 2.41. The Morgan fingerprint density at radius 3 is 2.92 bits per heavy atom. The van der Waals surface area contributed by atoms with Crippen LogP contribution >= 0.6 is 0 Å². The molecular weight excluding hydrogens is 324 g/mol. The zero-order valence-corrected chi connectivity index (χ0v) is 15.1. The Morgan fingerprint density at radius 2 is 2.20 bits per heavy atom. The average molecular weight is 350 g/mol. The average Bonchev–Trinajstić information content (AvgIpc) is 3.19. The first-order valence-corrected chi connectivity index (χ1v) is 8.67. The number of carbonyl (C=O) groups is 2. The summed E-state index contributed by atoms with van der Waals surface area (Å²) >= 11 is 0. The molecule has 1 N–H and O–H groups in total. The van der Waals surface area contributed by atoms with Crippen LogP contribution in [0.2, 0.25) is 0 Å². The number of carbonyl (C=O) groups excluding carboxylic acids is 2. The monoisotopic (exact) mass is 350 g/mol. The molecule has 1 aliphatic carbocycles. The van der Waals surface area contributed by atoms with E-state index >= 15 is 0 Å². The van der Waals surface area contributed by atoms with Crippen molar-refractivity contribution >= 4 is 11.8 Å². The number of hydrogen-bond acceptors (Lipinski definition) is 5. The lowest BCUT2D eigenvalue weighted by atomic mass is 9.97. The van der Waals surface area contributed by atoms with Gasteiger partial charge in [0, 0.05) is 39.0 Å². The Morgan fingerprint density at radius 1 is 1.40 bits per heavy atom. The van der Waals surface area contributed by atoms with Crippen LogP contribution in [0.5, 0.6) is 0 Å². The van der Waals surface area contributed by atoms with Crippen molar-refractivity contribution in [1.29, 1.82) is 0 Å². The van der Waals surface area contributed by atoms with Crippen molar-refractivity contribution in [2.75, 3.05) is 40.5 Å². The van der Waals surface area contributed by atoms with E-state index in [2.05, 4.69) is 10.4 Å². The van der Waals surface area contributed by atoms with Crippen molar-refractivity contribution in [2.24, 2.45) is 7.05 Å². The summed E-state index contributed by atoms with van der Waals surface area (Å²) < 4.78 is 13.0. The number of morpholine rings is 1. The van der Waals surface area contributed by atoms with Gasteiger partial charge in [-0.1, -0.05) is 0 Å². The van der Waals surface area contributed by atoms with E-state index in [4.69, 9.17) is 9.47 Å². The van der Waals surface area contributed by atoms with E-state index in [1.807, 2.05) is 11.7 Å². The number of hydrogen-bond donors (Lipinski definition) is 1. The molecule has 1 aromatic heterocycles. The summed E-state index contributed by atoms with van der Waals surface area (Å²) in [5, 5.41) is 7.07. The molecule has 0 unspecified atom stereocenters. The third-order valence-corrected chi connectivity index (χ3v) is 5.02. The summed E-state index contributed by atoms with van der Waals surface area (Å²) in [6.07, 6.45) is 3.09. The predicted molar refractivity (Wildman–Crippen MR) is 90.4 cm³/mol. The number of methoxy groups -OCH3 is 1. The van der Waals surface area contributed by atoms with Crippen LogP contribution < -0.4 is 5.32 Å². The fourth-order valence-corrected chi connectivity index (χ4v) is 3.84. The van der Waals surface area contributed by atoms with Gasteiger partial charge in [0.1, 0.15) is 5.60 Å². The standard InChI is InChI=1S/C17H26N4O4/c1-18-14(22)9-17(11-24-3)10-21(7-8-25-17)16(23)15-12-5-4-6-13(12)20(2)19-15/h4-11H2,1-3H3,(H,18,22)/t17-/m1/s1. The molecule has 1 aromatic rings. The quantitative estimate of drug-likeness (QED) is 0.802. The topological polar surface area (TPSA) is 85.7 Å². The van der Waals surface area contributed by atoms with Crippen molar-refractivity contribution in [3.8, 4) is 0 Å².